The van der Waals surface area contributed by atoms with Gasteiger partial charge in [-0.1, -0.05) is 48.5 Å². The minimum absolute atomic E-state index is 0.0136. The predicted octanol–water partition coefficient (Wildman–Crippen LogP) is 3.97. The third-order valence-electron chi connectivity index (χ3n) is 5.36. The second-order valence-electron chi connectivity index (χ2n) is 6.87. The zero-order valence-corrected chi connectivity index (χ0v) is 14.4. The predicted molar refractivity (Wildman–Crippen MR) is 96.6 cm³/mol. The highest BCUT2D eigenvalue weighted by atomic mass is 16.6. The van der Waals surface area contributed by atoms with Crippen molar-refractivity contribution in [3.05, 3.63) is 59.7 Å². The summed E-state index contributed by atoms with van der Waals surface area (Å²) in [6.07, 6.45) is 2.52. The maximum absolute atomic E-state index is 12.3. The molecule has 2 aromatic carbocycles. The van der Waals surface area contributed by atoms with Crippen molar-refractivity contribution in [2.45, 2.75) is 37.3 Å². The molecule has 4 rings (SSSR count). The van der Waals surface area contributed by atoms with Crippen LogP contribution in [0, 0.1) is 0 Å². The van der Waals surface area contributed by atoms with E-state index >= 15 is 0 Å². The maximum atomic E-state index is 12.3. The van der Waals surface area contributed by atoms with E-state index in [0.717, 1.165) is 12.8 Å². The number of hydrogen-bond donors (Lipinski definition) is 1. The van der Waals surface area contributed by atoms with Gasteiger partial charge in [0, 0.05) is 18.8 Å². The van der Waals surface area contributed by atoms with E-state index in [0.29, 0.717) is 19.3 Å². The van der Waals surface area contributed by atoms with Crippen molar-refractivity contribution in [1.29, 1.82) is 0 Å². The molecule has 5 heteroatoms. The SMILES string of the molecule is O=COC1(NC(=O)OCC2c3ccccc3-c3ccccc32)CCCC1. The Morgan fingerprint density at radius 1 is 1.04 bits per heavy atom. The van der Waals surface area contributed by atoms with Crippen LogP contribution in [0.1, 0.15) is 42.7 Å². The number of amides is 1. The third kappa shape index (κ3) is 2.94. The molecule has 26 heavy (non-hydrogen) atoms. The molecular formula is C21H21NO4. The Morgan fingerprint density at radius 2 is 1.62 bits per heavy atom. The standard InChI is InChI=1S/C21H21NO4/c23-14-26-21(11-5-6-12-21)22-20(24)25-13-19-17-9-3-1-7-15(17)16-8-2-4-10-18(16)19/h1-4,7-10,14,19H,5-6,11-13H2,(H,22,24). The van der Waals surface area contributed by atoms with Gasteiger partial charge >= 0.3 is 6.09 Å². The van der Waals surface area contributed by atoms with Gasteiger partial charge in [-0.15, -0.1) is 0 Å². The summed E-state index contributed by atoms with van der Waals surface area (Å²) in [5, 5.41) is 2.75. The fourth-order valence-corrected chi connectivity index (χ4v) is 4.13. The molecule has 2 aliphatic carbocycles. The van der Waals surface area contributed by atoms with Gasteiger partial charge < -0.3 is 9.47 Å². The summed E-state index contributed by atoms with van der Waals surface area (Å²) in [6.45, 7) is 0.645. The number of hydrogen-bond acceptors (Lipinski definition) is 4. The Morgan fingerprint density at radius 3 is 2.19 bits per heavy atom. The number of benzene rings is 2. The molecule has 0 heterocycles. The van der Waals surface area contributed by atoms with Crippen molar-refractivity contribution in [1.82, 2.24) is 5.32 Å². The van der Waals surface area contributed by atoms with E-state index in [4.69, 9.17) is 9.47 Å². The average Bonchev–Trinajstić information content (AvgIpc) is 3.23. The van der Waals surface area contributed by atoms with E-state index in [1.165, 1.54) is 22.3 Å². The molecule has 1 fully saturated rings. The Labute approximate surface area is 152 Å². The molecule has 0 radical (unpaired) electrons. The van der Waals surface area contributed by atoms with Gasteiger partial charge in [0.15, 0.2) is 5.72 Å². The second-order valence-corrected chi connectivity index (χ2v) is 6.87. The van der Waals surface area contributed by atoms with Crippen molar-refractivity contribution in [3.63, 3.8) is 0 Å². The topological polar surface area (TPSA) is 64.6 Å². The number of carbonyl (C=O) groups is 2. The molecule has 0 aromatic heterocycles. The molecule has 5 nitrogen and oxygen atoms in total. The first-order chi connectivity index (χ1) is 12.7. The summed E-state index contributed by atoms with van der Waals surface area (Å²) in [5.41, 5.74) is 3.80. The molecule has 0 spiro atoms. The Kier molecular flexibility index (Phi) is 4.37. The molecule has 0 bridgehead atoms. The van der Waals surface area contributed by atoms with Gasteiger partial charge in [-0.3, -0.25) is 10.1 Å². The number of ether oxygens (including phenoxy) is 2. The molecule has 134 valence electrons. The summed E-state index contributed by atoms with van der Waals surface area (Å²) in [7, 11) is 0. The Balaban J connectivity index is 1.48. The first kappa shape index (κ1) is 16.6. The van der Waals surface area contributed by atoms with Gasteiger partial charge in [0.25, 0.3) is 6.47 Å². The lowest BCUT2D eigenvalue weighted by Gasteiger charge is -2.27. The number of rotatable bonds is 5. The molecule has 1 amide bonds. The van der Waals surface area contributed by atoms with E-state index in [1.54, 1.807) is 0 Å². The summed E-state index contributed by atoms with van der Waals surface area (Å²) in [5.74, 6) is 0.0136. The van der Waals surface area contributed by atoms with Crippen LogP contribution in [-0.2, 0) is 14.3 Å². The van der Waals surface area contributed by atoms with Crippen LogP contribution in [0.4, 0.5) is 4.79 Å². The molecule has 0 unspecified atom stereocenters. The lowest BCUT2D eigenvalue weighted by molar-refractivity contribution is -0.145. The van der Waals surface area contributed by atoms with Crippen LogP contribution < -0.4 is 5.32 Å². The highest BCUT2D eigenvalue weighted by molar-refractivity contribution is 5.79. The van der Waals surface area contributed by atoms with E-state index in [2.05, 4.69) is 29.6 Å². The molecule has 2 aliphatic rings. The lowest BCUT2D eigenvalue weighted by Crippen LogP contribution is -2.48. The van der Waals surface area contributed by atoms with Gasteiger partial charge in [0.05, 0.1) is 0 Å². The van der Waals surface area contributed by atoms with Gasteiger partial charge in [-0.25, -0.2) is 4.79 Å². The number of fused-ring (bicyclic) bond motifs is 3. The van der Waals surface area contributed by atoms with E-state index < -0.39 is 11.8 Å². The molecular weight excluding hydrogens is 330 g/mol. The highest BCUT2D eigenvalue weighted by Crippen LogP contribution is 2.44. The minimum atomic E-state index is -0.912. The summed E-state index contributed by atoms with van der Waals surface area (Å²) < 4.78 is 10.7. The summed E-state index contributed by atoms with van der Waals surface area (Å²) in [4.78, 5) is 23.1. The fraction of sp³-hybridized carbons (Fsp3) is 0.333. The smallest absolute Gasteiger partial charge is 0.410 e. The second kappa shape index (κ2) is 6.83. The fourth-order valence-electron chi connectivity index (χ4n) is 4.13. The average molecular weight is 351 g/mol. The summed E-state index contributed by atoms with van der Waals surface area (Å²) >= 11 is 0. The summed E-state index contributed by atoms with van der Waals surface area (Å²) in [6, 6.07) is 16.4. The minimum Gasteiger partial charge on any atom is -0.448 e. The number of alkyl carbamates (subject to hydrolysis) is 1. The normalized spacial score (nSPS) is 17.2. The molecule has 1 saturated carbocycles. The number of carbonyl (C=O) groups excluding carboxylic acids is 2. The number of nitrogens with one attached hydrogen (secondary N) is 1. The maximum Gasteiger partial charge on any atom is 0.410 e. The Hall–Kier alpha value is -2.82. The van der Waals surface area contributed by atoms with Gasteiger partial charge in [0.1, 0.15) is 6.61 Å². The molecule has 0 aliphatic heterocycles. The monoisotopic (exact) mass is 351 g/mol. The van der Waals surface area contributed by atoms with Crippen LogP contribution in [0.5, 0.6) is 0 Å². The highest BCUT2D eigenvalue weighted by Gasteiger charge is 2.38. The van der Waals surface area contributed by atoms with Crippen LogP contribution in [0.3, 0.4) is 0 Å². The zero-order chi connectivity index (χ0) is 18.0. The van der Waals surface area contributed by atoms with Gasteiger partial charge in [0.2, 0.25) is 0 Å². The quantitative estimate of drug-likeness (QED) is 0.654. The van der Waals surface area contributed by atoms with Crippen LogP contribution in [-0.4, -0.2) is 24.9 Å². The van der Waals surface area contributed by atoms with Crippen molar-refractivity contribution < 1.29 is 19.1 Å². The van der Waals surface area contributed by atoms with Crippen LogP contribution in [0.2, 0.25) is 0 Å². The van der Waals surface area contributed by atoms with Crippen molar-refractivity contribution >= 4 is 12.6 Å². The third-order valence-corrected chi connectivity index (χ3v) is 5.36. The van der Waals surface area contributed by atoms with E-state index in [1.807, 2.05) is 24.3 Å². The van der Waals surface area contributed by atoms with Crippen molar-refractivity contribution in [3.8, 4) is 11.1 Å². The molecule has 2 aromatic rings. The van der Waals surface area contributed by atoms with Crippen LogP contribution in [0.15, 0.2) is 48.5 Å². The van der Waals surface area contributed by atoms with Gasteiger partial charge in [-0.2, -0.15) is 0 Å². The van der Waals surface area contributed by atoms with Crippen molar-refractivity contribution in [2.75, 3.05) is 6.61 Å². The molecule has 0 saturated heterocycles. The molecule has 0 atom stereocenters. The first-order valence-electron chi connectivity index (χ1n) is 8.97. The van der Waals surface area contributed by atoms with Crippen LogP contribution in [0.25, 0.3) is 11.1 Å². The first-order valence-corrected chi connectivity index (χ1v) is 8.97. The Bertz CT molecular complexity index is 781. The van der Waals surface area contributed by atoms with Gasteiger partial charge in [-0.05, 0) is 35.1 Å². The molecule has 1 N–H and O–H groups in total. The largest absolute Gasteiger partial charge is 0.448 e. The van der Waals surface area contributed by atoms with E-state index in [9.17, 15) is 9.59 Å². The van der Waals surface area contributed by atoms with E-state index in [-0.39, 0.29) is 12.5 Å². The lowest BCUT2D eigenvalue weighted by atomic mass is 9.98. The zero-order valence-electron chi connectivity index (χ0n) is 14.4. The van der Waals surface area contributed by atoms with Crippen molar-refractivity contribution in [2.24, 2.45) is 0 Å². The van der Waals surface area contributed by atoms with Crippen LogP contribution >= 0.6 is 0 Å².